The van der Waals surface area contributed by atoms with Gasteiger partial charge in [-0.1, -0.05) is 35.9 Å². The minimum Gasteiger partial charge on any atom is -0.418 e. The van der Waals surface area contributed by atoms with E-state index in [-0.39, 0.29) is 5.89 Å². The van der Waals surface area contributed by atoms with E-state index in [9.17, 15) is 5.11 Å². The maximum absolute atomic E-state index is 10.7. The highest BCUT2D eigenvalue weighted by atomic mass is 35.5. The van der Waals surface area contributed by atoms with E-state index < -0.39 is 11.6 Å². The summed E-state index contributed by atoms with van der Waals surface area (Å²) >= 11 is 6.26. The predicted molar refractivity (Wildman–Crippen MR) is 105 cm³/mol. The quantitative estimate of drug-likeness (QED) is 0.595. The van der Waals surface area contributed by atoms with Crippen LogP contribution in [-0.2, 0) is 0 Å². The van der Waals surface area contributed by atoms with Crippen molar-refractivity contribution in [2.75, 3.05) is 5.32 Å². The molecule has 0 aliphatic rings. The lowest BCUT2D eigenvalue weighted by atomic mass is 9.98. The first kappa shape index (κ1) is 18.9. The van der Waals surface area contributed by atoms with Crippen LogP contribution in [0.4, 0.5) is 11.4 Å². The third kappa shape index (κ3) is 3.95. The average molecular weight is 383 g/mol. The van der Waals surface area contributed by atoms with Gasteiger partial charge in [-0.2, -0.15) is 0 Å². The smallest absolute Gasteiger partial charge is 0.247 e. The maximum Gasteiger partial charge on any atom is 0.247 e. The Hall–Kier alpha value is -2.88. The molecule has 0 saturated carbocycles. The highest BCUT2D eigenvalue weighted by Crippen LogP contribution is 2.37. The minimum atomic E-state index is -1.20. The van der Waals surface area contributed by atoms with Gasteiger partial charge in [0.15, 0.2) is 0 Å². The van der Waals surface area contributed by atoms with E-state index in [1.807, 2.05) is 37.3 Å². The summed E-state index contributed by atoms with van der Waals surface area (Å²) in [4.78, 5) is 3.40. The highest BCUT2D eigenvalue weighted by Gasteiger charge is 2.34. The Morgan fingerprint density at radius 3 is 2.52 bits per heavy atom. The Balaban J connectivity index is 1.96. The van der Waals surface area contributed by atoms with Gasteiger partial charge >= 0.3 is 0 Å². The van der Waals surface area contributed by atoms with Gasteiger partial charge in [0.05, 0.1) is 17.2 Å². The lowest BCUT2D eigenvalue weighted by Gasteiger charge is -2.29. The second-order valence-corrected chi connectivity index (χ2v) is 7.10. The first-order valence-electron chi connectivity index (χ1n) is 8.35. The zero-order valence-electron chi connectivity index (χ0n) is 15.2. The fraction of sp³-hybridized carbons (Fsp3) is 0.250. The van der Waals surface area contributed by atoms with Crippen LogP contribution in [0, 0.1) is 13.5 Å². The number of nitrogens with one attached hydrogen (secondary N) is 1. The fourth-order valence-corrected chi connectivity index (χ4v) is 2.87. The van der Waals surface area contributed by atoms with Crippen LogP contribution in [0.1, 0.15) is 31.3 Å². The molecule has 0 aliphatic heterocycles. The van der Waals surface area contributed by atoms with Gasteiger partial charge in [-0.15, -0.1) is 10.2 Å². The molecule has 6 nitrogen and oxygen atoms in total. The molecule has 0 spiro atoms. The van der Waals surface area contributed by atoms with Crippen LogP contribution in [-0.4, -0.2) is 20.9 Å². The van der Waals surface area contributed by atoms with Crippen molar-refractivity contribution in [3.05, 3.63) is 70.4 Å². The number of nitrogens with zero attached hydrogens (tertiary/aromatic N) is 3. The van der Waals surface area contributed by atoms with Gasteiger partial charge in [-0.05, 0) is 44.5 Å². The summed E-state index contributed by atoms with van der Waals surface area (Å²) in [6, 6.07) is 12.1. The summed E-state index contributed by atoms with van der Waals surface area (Å²) in [5.74, 6) is 0.630. The summed E-state index contributed by atoms with van der Waals surface area (Å²) in [5.41, 5.74) is 1.37. The molecule has 0 aliphatic carbocycles. The molecule has 27 heavy (non-hydrogen) atoms. The van der Waals surface area contributed by atoms with Crippen LogP contribution in [0.2, 0.25) is 5.02 Å². The van der Waals surface area contributed by atoms with Crippen molar-refractivity contribution in [3.63, 3.8) is 0 Å². The van der Waals surface area contributed by atoms with Gasteiger partial charge in [0, 0.05) is 11.3 Å². The molecule has 0 saturated heterocycles. The SMILES string of the molecule is [C-]#[N+]c1ccc(N[C@@H](c2nnc(-c3ccccc3)o2)C(C)(C)O)c(C)c1Cl. The van der Waals surface area contributed by atoms with E-state index in [4.69, 9.17) is 22.6 Å². The number of benzene rings is 2. The average Bonchev–Trinajstić information content (AvgIpc) is 3.12. The molecule has 1 aromatic heterocycles. The van der Waals surface area contributed by atoms with Gasteiger partial charge in [-0.3, -0.25) is 0 Å². The molecule has 7 heteroatoms. The normalized spacial score (nSPS) is 12.4. The summed E-state index contributed by atoms with van der Waals surface area (Å²) in [6.45, 7) is 12.3. The first-order chi connectivity index (χ1) is 12.8. The summed E-state index contributed by atoms with van der Waals surface area (Å²) in [5, 5.41) is 22.5. The van der Waals surface area contributed by atoms with Crippen LogP contribution in [0.3, 0.4) is 0 Å². The molecule has 0 bridgehead atoms. The lowest BCUT2D eigenvalue weighted by Crippen LogP contribution is -2.34. The molecular weight excluding hydrogens is 364 g/mol. The summed E-state index contributed by atoms with van der Waals surface area (Å²) in [7, 11) is 0. The Bertz CT molecular complexity index is 987. The zero-order valence-corrected chi connectivity index (χ0v) is 15.9. The van der Waals surface area contributed by atoms with Crippen molar-refractivity contribution < 1.29 is 9.52 Å². The van der Waals surface area contributed by atoms with E-state index in [1.54, 1.807) is 26.0 Å². The second kappa shape index (κ2) is 7.39. The van der Waals surface area contributed by atoms with Gasteiger partial charge in [0.2, 0.25) is 17.5 Å². The summed E-state index contributed by atoms with van der Waals surface area (Å²) < 4.78 is 5.82. The van der Waals surface area contributed by atoms with E-state index in [1.165, 1.54) is 0 Å². The molecule has 138 valence electrons. The molecule has 0 radical (unpaired) electrons. The van der Waals surface area contributed by atoms with Crippen molar-refractivity contribution in [2.24, 2.45) is 0 Å². The standard InChI is InChI=1S/C20H19ClN4O2/c1-12-14(10-11-15(22-4)16(12)21)23-17(20(2,3)26)19-25-24-18(27-19)13-8-6-5-7-9-13/h5-11,17,23,26H,1-3H3/t17-/m0/s1. The van der Waals surface area contributed by atoms with E-state index in [2.05, 4.69) is 20.4 Å². The van der Waals surface area contributed by atoms with Gasteiger partial charge in [0.1, 0.15) is 6.04 Å². The lowest BCUT2D eigenvalue weighted by molar-refractivity contribution is 0.0502. The molecular formula is C20H19ClN4O2. The number of hydrogen-bond acceptors (Lipinski definition) is 5. The molecule has 2 aromatic carbocycles. The maximum atomic E-state index is 10.7. The Morgan fingerprint density at radius 1 is 1.19 bits per heavy atom. The van der Waals surface area contributed by atoms with Crippen LogP contribution in [0.15, 0.2) is 46.9 Å². The van der Waals surface area contributed by atoms with Crippen LogP contribution in [0.5, 0.6) is 0 Å². The minimum absolute atomic E-state index is 0.256. The predicted octanol–water partition coefficient (Wildman–Crippen LogP) is 5.17. The number of halogens is 1. The monoisotopic (exact) mass is 382 g/mol. The summed E-state index contributed by atoms with van der Waals surface area (Å²) in [6.07, 6.45) is 0. The van der Waals surface area contributed by atoms with E-state index >= 15 is 0 Å². The van der Waals surface area contributed by atoms with Crippen molar-refractivity contribution in [2.45, 2.75) is 32.4 Å². The molecule has 0 amide bonds. The number of hydrogen-bond donors (Lipinski definition) is 2. The molecule has 0 fully saturated rings. The van der Waals surface area contributed by atoms with Gasteiger partial charge in [0.25, 0.3) is 0 Å². The Labute approximate surface area is 162 Å². The van der Waals surface area contributed by atoms with E-state index in [0.29, 0.717) is 27.9 Å². The number of rotatable bonds is 5. The van der Waals surface area contributed by atoms with Crippen molar-refractivity contribution in [1.29, 1.82) is 0 Å². The Morgan fingerprint density at radius 2 is 1.89 bits per heavy atom. The van der Waals surface area contributed by atoms with Crippen LogP contribution < -0.4 is 5.32 Å². The van der Waals surface area contributed by atoms with Crippen LogP contribution in [0.25, 0.3) is 16.3 Å². The number of anilines is 1. The van der Waals surface area contributed by atoms with Gasteiger partial charge < -0.3 is 14.8 Å². The Kier molecular flexibility index (Phi) is 5.17. The second-order valence-electron chi connectivity index (χ2n) is 6.73. The molecule has 3 aromatic rings. The molecule has 2 N–H and O–H groups in total. The topological polar surface area (TPSA) is 75.5 Å². The zero-order chi connectivity index (χ0) is 19.6. The van der Waals surface area contributed by atoms with Crippen molar-refractivity contribution in [1.82, 2.24) is 10.2 Å². The van der Waals surface area contributed by atoms with Crippen molar-refractivity contribution >= 4 is 23.0 Å². The first-order valence-corrected chi connectivity index (χ1v) is 8.73. The number of aliphatic hydroxyl groups is 1. The molecule has 1 atom stereocenters. The fourth-order valence-electron chi connectivity index (χ4n) is 2.66. The molecule has 1 heterocycles. The number of aromatic nitrogens is 2. The molecule has 3 rings (SSSR count). The highest BCUT2D eigenvalue weighted by molar-refractivity contribution is 6.34. The van der Waals surface area contributed by atoms with Crippen LogP contribution >= 0.6 is 11.6 Å². The third-order valence-corrected chi connectivity index (χ3v) is 4.68. The van der Waals surface area contributed by atoms with Gasteiger partial charge in [-0.25, -0.2) is 4.85 Å². The largest absolute Gasteiger partial charge is 0.418 e. The molecule has 0 unspecified atom stereocenters. The third-order valence-electron chi connectivity index (χ3n) is 4.20. The van der Waals surface area contributed by atoms with Crippen molar-refractivity contribution in [3.8, 4) is 11.5 Å². The van der Waals surface area contributed by atoms with E-state index in [0.717, 1.165) is 5.56 Å².